The number of hydrogen-bond acceptors (Lipinski definition) is 8. The number of amides is 1. The van der Waals surface area contributed by atoms with Crippen LogP contribution in [0.3, 0.4) is 0 Å². The number of nitrogens with one attached hydrogen (secondary N) is 1. The molecule has 0 unspecified atom stereocenters. The number of methoxy groups -OCH3 is 1. The Morgan fingerprint density at radius 3 is 2.66 bits per heavy atom. The number of ether oxygens (including phenoxy) is 3. The maximum atomic E-state index is 13.0. The number of hydrogen-bond donors (Lipinski definition) is 1. The van der Waals surface area contributed by atoms with E-state index in [4.69, 9.17) is 14.2 Å². The zero-order valence-corrected chi connectivity index (χ0v) is 20.2. The largest absolute Gasteiger partial charge is 0.493 e. The topological polar surface area (TPSA) is 89.5 Å². The lowest BCUT2D eigenvalue weighted by Crippen LogP contribution is -2.34. The highest BCUT2D eigenvalue weighted by Gasteiger charge is 2.37. The van der Waals surface area contributed by atoms with Gasteiger partial charge in [-0.3, -0.25) is 4.79 Å². The number of carbonyl (C=O) groups is 2. The highest BCUT2D eigenvalue weighted by atomic mass is 32.2. The van der Waals surface area contributed by atoms with Crippen LogP contribution < -0.4 is 14.8 Å². The van der Waals surface area contributed by atoms with E-state index < -0.39 is 17.9 Å². The molecule has 0 radical (unpaired) electrons. The molecule has 2 heterocycles. The van der Waals surface area contributed by atoms with Crippen LogP contribution in [0, 0.1) is 5.82 Å². The Hall–Kier alpha value is -3.79. The lowest BCUT2D eigenvalue weighted by molar-refractivity contribution is -0.139. The first-order valence-electron chi connectivity index (χ1n) is 10.9. The van der Waals surface area contributed by atoms with E-state index in [0.717, 1.165) is 10.7 Å². The molecule has 1 N–H and O–H groups in total. The van der Waals surface area contributed by atoms with E-state index in [9.17, 15) is 14.0 Å². The third kappa shape index (κ3) is 5.32. The van der Waals surface area contributed by atoms with Crippen LogP contribution in [-0.2, 0) is 14.3 Å². The third-order valence-corrected chi connectivity index (χ3v) is 6.08. The summed E-state index contributed by atoms with van der Waals surface area (Å²) in [6, 6.07) is 10.3. The number of esters is 1. The summed E-state index contributed by atoms with van der Waals surface area (Å²) in [6.07, 6.45) is 1.87. The van der Waals surface area contributed by atoms with Crippen LogP contribution in [0.4, 0.5) is 10.1 Å². The predicted octanol–water partition coefficient (Wildman–Crippen LogP) is 4.62. The van der Waals surface area contributed by atoms with Gasteiger partial charge in [0.1, 0.15) is 5.82 Å². The summed E-state index contributed by atoms with van der Waals surface area (Å²) < 4.78 is 29.6. The van der Waals surface area contributed by atoms with Crippen LogP contribution in [-0.4, -0.2) is 42.3 Å². The minimum Gasteiger partial charge on any atom is -0.493 e. The van der Waals surface area contributed by atoms with E-state index in [1.807, 2.05) is 22.6 Å². The van der Waals surface area contributed by atoms with Crippen LogP contribution in [0.15, 0.2) is 70.3 Å². The van der Waals surface area contributed by atoms with E-state index in [1.54, 1.807) is 26.0 Å². The summed E-state index contributed by atoms with van der Waals surface area (Å²) in [5.74, 6) is -0.463. The van der Waals surface area contributed by atoms with Crippen LogP contribution in [0.1, 0.15) is 25.5 Å². The summed E-state index contributed by atoms with van der Waals surface area (Å²) >= 11 is 1.47. The van der Waals surface area contributed by atoms with Crippen molar-refractivity contribution in [2.75, 3.05) is 25.6 Å². The van der Waals surface area contributed by atoms with Crippen molar-refractivity contribution in [1.29, 1.82) is 0 Å². The van der Waals surface area contributed by atoms with E-state index in [1.165, 1.54) is 43.1 Å². The van der Waals surface area contributed by atoms with Crippen LogP contribution in [0.25, 0.3) is 0 Å². The Bertz CT molecular complexity index is 1230. The van der Waals surface area contributed by atoms with Crippen molar-refractivity contribution >= 4 is 34.5 Å². The number of amidine groups is 1. The SMILES string of the molecule is CCOC(=O)C1=C(C)N=C2SC=CN2[C@@H]1c1ccc(OCC(=O)Nc2ccc(F)cc2)c(OC)c1. The normalized spacial score (nSPS) is 16.5. The molecule has 0 aliphatic carbocycles. The number of carbonyl (C=O) groups excluding carboxylic acids is 2. The van der Waals surface area contributed by atoms with Gasteiger partial charge in [-0.1, -0.05) is 17.8 Å². The summed E-state index contributed by atoms with van der Waals surface area (Å²) in [5.41, 5.74) is 2.26. The average molecular weight is 498 g/mol. The van der Waals surface area contributed by atoms with Gasteiger partial charge >= 0.3 is 5.97 Å². The van der Waals surface area contributed by atoms with E-state index in [-0.39, 0.29) is 19.0 Å². The lowest BCUT2D eigenvalue weighted by Gasteiger charge is -2.33. The van der Waals surface area contributed by atoms with Crippen LogP contribution in [0.2, 0.25) is 0 Å². The summed E-state index contributed by atoms with van der Waals surface area (Å²) in [6.45, 7) is 3.52. The van der Waals surface area contributed by atoms with Gasteiger partial charge in [-0.05, 0) is 61.2 Å². The molecule has 2 aliphatic heterocycles. The first-order valence-corrected chi connectivity index (χ1v) is 11.7. The molecule has 4 rings (SSSR count). The summed E-state index contributed by atoms with van der Waals surface area (Å²) in [4.78, 5) is 31.6. The number of thioether (sulfide) groups is 1. The molecule has 2 aromatic carbocycles. The van der Waals surface area contributed by atoms with E-state index >= 15 is 0 Å². The van der Waals surface area contributed by atoms with Gasteiger partial charge in [0.2, 0.25) is 0 Å². The van der Waals surface area contributed by atoms with Gasteiger partial charge in [0.25, 0.3) is 5.91 Å². The molecule has 2 aliphatic rings. The monoisotopic (exact) mass is 497 g/mol. The molecule has 0 fully saturated rings. The Kier molecular flexibility index (Phi) is 7.40. The molecule has 0 bridgehead atoms. The van der Waals surface area contributed by atoms with Crippen LogP contribution in [0.5, 0.6) is 11.5 Å². The Balaban J connectivity index is 1.55. The van der Waals surface area contributed by atoms with Crippen molar-refractivity contribution in [1.82, 2.24) is 4.90 Å². The van der Waals surface area contributed by atoms with Crippen LogP contribution >= 0.6 is 11.8 Å². The van der Waals surface area contributed by atoms with Crippen molar-refractivity contribution in [2.24, 2.45) is 4.99 Å². The molecule has 0 saturated heterocycles. The third-order valence-electron chi connectivity index (χ3n) is 5.31. The highest BCUT2D eigenvalue weighted by Crippen LogP contribution is 2.43. The minimum absolute atomic E-state index is 0.250. The second kappa shape index (κ2) is 10.6. The smallest absolute Gasteiger partial charge is 0.338 e. The molecule has 182 valence electrons. The molecule has 1 amide bonds. The second-order valence-electron chi connectivity index (χ2n) is 7.58. The number of allylic oxidation sites excluding steroid dienone is 1. The maximum Gasteiger partial charge on any atom is 0.338 e. The average Bonchev–Trinajstić information content (AvgIpc) is 3.31. The minimum atomic E-state index is -0.461. The summed E-state index contributed by atoms with van der Waals surface area (Å²) in [5, 5.41) is 5.31. The van der Waals surface area contributed by atoms with Gasteiger partial charge in [0.05, 0.1) is 31.0 Å². The number of halogens is 1. The molecule has 35 heavy (non-hydrogen) atoms. The Labute approximate surface area is 206 Å². The fraction of sp³-hybridized carbons (Fsp3) is 0.240. The number of rotatable bonds is 8. The van der Waals surface area contributed by atoms with Crippen molar-refractivity contribution in [3.8, 4) is 11.5 Å². The molecular formula is C25H24FN3O5S. The molecule has 8 nitrogen and oxygen atoms in total. The standard InChI is InChI=1S/C25H24FN3O5S/c1-4-33-24(31)22-15(2)27-25-29(11-12-35-25)23(22)16-5-10-19(20(13-16)32-3)34-14-21(30)28-18-8-6-17(26)7-9-18/h5-13,23H,4,14H2,1-3H3,(H,28,30)/t23-/m1/s1. The molecular weight excluding hydrogens is 473 g/mol. The van der Waals surface area contributed by atoms with E-state index in [2.05, 4.69) is 10.3 Å². The highest BCUT2D eigenvalue weighted by molar-refractivity contribution is 8.16. The molecule has 0 spiro atoms. The van der Waals surface area contributed by atoms with Gasteiger partial charge in [0, 0.05) is 11.9 Å². The van der Waals surface area contributed by atoms with Crippen molar-refractivity contribution in [3.05, 3.63) is 76.7 Å². The predicted molar refractivity (Wildman–Crippen MR) is 132 cm³/mol. The van der Waals surface area contributed by atoms with Gasteiger partial charge in [-0.25, -0.2) is 14.2 Å². The Morgan fingerprint density at radius 1 is 1.17 bits per heavy atom. The molecule has 1 atom stereocenters. The number of anilines is 1. The zero-order valence-electron chi connectivity index (χ0n) is 19.4. The Morgan fingerprint density at radius 2 is 1.94 bits per heavy atom. The lowest BCUT2D eigenvalue weighted by atomic mass is 9.94. The fourth-order valence-electron chi connectivity index (χ4n) is 3.75. The number of aliphatic imine (C=N–C) groups is 1. The molecule has 0 saturated carbocycles. The second-order valence-corrected chi connectivity index (χ2v) is 8.45. The van der Waals surface area contributed by atoms with Gasteiger partial charge in [-0.15, -0.1) is 0 Å². The number of fused-ring (bicyclic) bond motifs is 1. The van der Waals surface area contributed by atoms with Crippen molar-refractivity contribution in [3.63, 3.8) is 0 Å². The number of nitrogens with zero attached hydrogens (tertiary/aromatic N) is 2. The first kappa shape index (κ1) is 24.3. The van der Waals surface area contributed by atoms with Crippen molar-refractivity contribution < 1.29 is 28.2 Å². The van der Waals surface area contributed by atoms with E-state index in [0.29, 0.717) is 28.5 Å². The van der Waals surface area contributed by atoms with Gasteiger partial charge < -0.3 is 24.4 Å². The summed E-state index contributed by atoms with van der Waals surface area (Å²) in [7, 11) is 1.50. The van der Waals surface area contributed by atoms with Crippen molar-refractivity contribution in [2.45, 2.75) is 19.9 Å². The maximum absolute atomic E-state index is 13.0. The molecule has 0 aromatic heterocycles. The first-order chi connectivity index (χ1) is 16.9. The van der Waals surface area contributed by atoms with Gasteiger partial charge in [0.15, 0.2) is 23.3 Å². The molecule has 10 heteroatoms. The molecule has 2 aromatic rings. The zero-order chi connectivity index (χ0) is 24.9. The van der Waals surface area contributed by atoms with Gasteiger partial charge in [-0.2, -0.15) is 0 Å². The fourth-order valence-corrected chi connectivity index (χ4v) is 4.54. The quantitative estimate of drug-likeness (QED) is 0.533. The number of benzene rings is 2.